The molecule has 1 aliphatic rings. The second kappa shape index (κ2) is 6.29. The first kappa shape index (κ1) is 14.7. The lowest BCUT2D eigenvalue weighted by molar-refractivity contribution is 0.0369. The first-order valence-corrected chi connectivity index (χ1v) is 8.07. The van der Waals surface area contributed by atoms with E-state index in [2.05, 4.69) is 26.5 Å². The van der Waals surface area contributed by atoms with E-state index in [1.165, 1.54) is 0 Å². The number of imidazole rings is 1. The van der Waals surface area contributed by atoms with Gasteiger partial charge in [0.1, 0.15) is 5.52 Å². The Bertz CT molecular complexity index is 665. The van der Waals surface area contributed by atoms with E-state index in [0.717, 1.165) is 74.0 Å². The summed E-state index contributed by atoms with van der Waals surface area (Å²) in [4.78, 5) is 5.76. The first-order valence-electron chi connectivity index (χ1n) is 7.66. The Balaban J connectivity index is 1.74. The second-order valence-corrected chi connectivity index (χ2v) is 5.88. The maximum Gasteiger partial charge on any atom is 0.179 e. The molecule has 0 saturated carbocycles. The first-order chi connectivity index (χ1) is 10.2. The van der Waals surface area contributed by atoms with Crippen LogP contribution in [0, 0.1) is 11.7 Å². The summed E-state index contributed by atoms with van der Waals surface area (Å²) < 4.78 is 10.4. The van der Waals surface area contributed by atoms with E-state index in [0.29, 0.717) is 0 Å². The molecule has 116 valence electrons. The Morgan fingerprint density at radius 3 is 2.76 bits per heavy atom. The molecule has 0 bridgehead atoms. The quantitative estimate of drug-likeness (QED) is 0.858. The molecule has 0 atom stereocenters. The SMILES string of the molecule is CCn1nc(C)c2[nH]c(=S)n(CCCN3CCOCC3)c21. The summed E-state index contributed by atoms with van der Waals surface area (Å²) in [6, 6.07) is 0. The number of aromatic nitrogens is 4. The van der Waals surface area contributed by atoms with Crippen LogP contribution in [0.5, 0.6) is 0 Å². The van der Waals surface area contributed by atoms with Gasteiger partial charge in [0.05, 0.1) is 18.9 Å². The van der Waals surface area contributed by atoms with Gasteiger partial charge in [0.15, 0.2) is 10.4 Å². The largest absolute Gasteiger partial charge is 0.379 e. The Labute approximate surface area is 129 Å². The van der Waals surface area contributed by atoms with Gasteiger partial charge in [-0.2, -0.15) is 5.10 Å². The molecule has 1 N–H and O–H groups in total. The summed E-state index contributed by atoms with van der Waals surface area (Å²) in [7, 11) is 0. The van der Waals surface area contributed by atoms with Crippen LogP contribution in [0.3, 0.4) is 0 Å². The molecule has 0 aromatic carbocycles. The van der Waals surface area contributed by atoms with E-state index < -0.39 is 0 Å². The molecular weight excluding hydrogens is 286 g/mol. The number of hydrogen-bond acceptors (Lipinski definition) is 4. The standard InChI is InChI=1S/C14H23N5OS/c1-3-19-13-12(11(2)16-19)15-14(21)18(13)6-4-5-17-7-9-20-10-8-17/h3-10H2,1-2H3,(H,15,21). The average Bonchev–Trinajstić information content (AvgIpc) is 2.98. The molecule has 1 saturated heterocycles. The fraction of sp³-hybridized carbons (Fsp3) is 0.714. The van der Waals surface area contributed by atoms with Gasteiger partial charge in [0, 0.05) is 32.7 Å². The summed E-state index contributed by atoms with van der Waals surface area (Å²) in [6.45, 7) is 10.8. The zero-order chi connectivity index (χ0) is 14.8. The lowest BCUT2D eigenvalue weighted by Gasteiger charge is -2.26. The van der Waals surface area contributed by atoms with Crippen LogP contribution >= 0.6 is 12.2 Å². The zero-order valence-electron chi connectivity index (χ0n) is 12.8. The van der Waals surface area contributed by atoms with Crippen molar-refractivity contribution in [3.05, 3.63) is 10.5 Å². The monoisotopic (exact) mass is 309 g/mol. The van der Waals surface area contributed by atoms with E-state index in [1.54, 1.807) is 0 Å². The minimum atomic E-state index is 0.801. The van der Waals surface area contributed by atoms with Crippen LogP contribution < -0.4 is 0 Å². The molecule has 3 rings (SSSR count). The number of hydrogen-bond donors (Lipinski definition) is 1. The third-order valence-electron chi connectivity index (χ3n) is 4.09. The molecule has 0 spiro atoms. The van der Waals surface area contributed by atoms with Gasteiger partial charge in [0.2, 0.25) is 0 Å². The fourth-order valence-corrected chi connectivity index (χ4v) is 3.25. The number of fused-ring (bicyclic) bond motifs is 1. The third kappa shape index (κ3) is 2.90. The number of aryl methyl sites for hydroxylation is 3. The summed E-state index contributed by atoms with van der Waals surface area (Å²) in [5.41, 5.74) is 3.22. The maximum absolute atomic E-state index is 5.48. The number of aromatic amines is 1. The van der Waals surface area contributed by atoms with Gasteiger partial charge in [-0.05, 0) is 32.5 Å². The number of nitrogens with one attached hydrogen (secondary N) is 1. The zero-order valence-corrected chi connectivity index (χ0v) is 13.6. The molecule has 0 unspecified atom stereocenters. The molecule has 3 heterocycles. The van der Waals surface area contributed by atoms with E-state index >= 15 is 0 Å². The highest BCUT2D eigenvalue weighted by Crippen LogP contribution is 2.18. The van der Waals surface area contributed by atoms with Crippen LogP contribution in [0.25, 0.3) is 11.2 Å². The van der Waals surface area contributed by atoms with Crippen molar-refractivity contribution in [2.24, 2.45) is 0 Å². The predicted octanol–water partition coefficient (Wildman–Crippen LogP) is 1.95. The van der Waals surface area contributed by atoms with Gasteiger partial charge in [-0.15, -0.1) is 0 Å². The Hall–Kier alpha value is -1.18. The van der Waals surface area contributed by atoms with Gasteiger partial charge in [0.25, 0.3) is 0 Å². The third-order valence-corrected chi connectivity index (χ3v) is 4.42. The molecule has 6 nitrogen and oxygen atoms in total. The molecule has 1 aliphatic heterocycles. The van der Waals surface area contributed by atoms with Crippen LogP contribution in [-0.2, 0) is 17.8 Å². The van der Waals surface area contributed by atoms with Crippen molar-refractivity contribution in [2.45, 2.75) is 33.4 Å². The highest BCUT2D eigenvalue weighted by atomic mass is 32.1. The van der Waals surface area contributed by atoms with Gasteiger partial charge in [-0.1, -0.05) is 0 Å². The highest BCUT2D eigenvalue weighted by molar-refractivity contribution is 7.71. The molecule has 0 amide bonds. The molecule has 7 heteroatoms. The summed E-state index contributed by atoms with van der Waals surface area (Å²) in [5.74, 6) is 0. The van der Waals surface area contributed by atoms with Gasteiger partial charge in [-0.25, -0.2) is 4.68 Å². The molecule has 2 aromatic rings. The second-order valence-electron chi connectivity index (χ2n) is 5.49. The minimum Gasteiger partial charge on any atom is -0.379 e. The van der Waals surface area contributed by atoms with Gasteiger partial charge in [-0.3, -0.25) is 4.90 Å². The Kier molecular flexibility index (Phi) is 4.42. The highest BCUT2D eigenvalue weighted by Gasteiger charge is 2.14. The van der Waals surface area contributed by atoms with E-state index in [-0.39, 0.29) is 0 Å². The molecule has 1 fully saturated rings. The number of rotatable bonds is 5. The smallest absolute Gasteiger partial charge is 0.179 e. The fourth-order valence-electron chi connectivity index (χ4n) is 2.97. The van der Waals surface area contributed by atoms with Crippen LogP contribution in [0.1, 0.15) is 19.0 Å². The van der Waals surface area contributed by atoms with Crippen LogP contribution in [0.15, 0.2) is 0 Å². The lowest BCUT2D eigenvalue weighted by Crippen LogP contribution is -2.37. The molecule has 0 radical (unpaired) electrons. The number of morpholine rings is 1. The van der Waals surface area contributed by atoms with E-state index in [4.69, 9.17) is 17.0 Å². The van der Waals surface area contributed by atoms with Crippen LogP contribution in [-0.4, -0.2) is 57.1 Å². The van der Waals surface area contributed by atoms with Crippen molar-refractivity contribution < 1.29 is 4.74 Å². The van der Waals surface area contributed by atoms with Gasteiger partial charge >= 0.3 is 0 Å². The maximum atomic E-state index is 5.48. The van der Waals surface area contributed by atoms with Crippen molar-refractivity contribution in [3.8, 4) is 0 Å². The predicted molar refractivity (Wildman–Crippen MR) is 85.2 cm³/mol. The average molecular weight is 309 g/mol. The molecule has 2 aromatic heterocycles. The van der Waals surface area contributed by atoms with E-state index in [9.17, 15) is 0 Å². The summed E-state index contributed by atoms with van der Waals surface area (Å²) in [5, 5.41) is 4.56. The van der Waals surface area contributed by atoms with Crippen molar-refractivity contribution >= 4 is 23.4 Å². The van der Waals surface area contributed by atoms with Crippen molar-refractivity contribution in [1.29, 1.82) is 0 Å². The van der Waals surface area contributed by atoms with Crippen LogP contribution in [0.4, 0.5) is 0 Å². The van der Waals surface area contributed by atoms with Crippen LogP contribution in [0.2, 0.25) is 0 Å². The Morgan fingerprint density at radius 1 is 1.29 bits per heavy atom. The molecular formula is C14H23N5OS. The van der Waals surface area contributed by atoms with Crippen molar-refractivity contribution in [1.82, 2.24) is 24.2 Å². The summed E-state index contributed by atoms with van der Waals surface area (Å²) in [6.07, 6.45) is 1.09. The van der Waals surface area contributed by atoms with Crippen molar-refractivity contribution in [2.75, 3.05) is 32.8 Å². The molecule has 21 heavy (non-hydrogen) atoms. The number of nitrogens with zero attached hydrogens (tertiary/aromatic N) is 4. The Morgan fingerprint density at radius 2 is 2.05 bits per heavy atom. The summed E-state index contributed by atoms with van der Waals surface area (Å²) >= 11 is 5.48. The lowest BCUT2D eigenvalue weighted by atomic mass is 10.3. The van der Waals surface area contributed by atoms with Gasteiger partial charge < -0.3 is 14.3 Å². The van der Waals surface area contributed by atoms with Crippen molar-refractivity contribution in [3.63, 3.8) is 0 Å². The normalized spacial score (nSPS) is 16.9. The minimum absolute atomic E-state index is 0.801. The topological polar surface area (TPSA) is 51.0 Å². The van der Waals surface area contributed by atoms with E-state index in [1.807, 2.05) is 11.6 Å². The molecule has 0 aliphatic carbocycles. The number of H-pyrrole nitrogens is 1. The number of ether oxygens (including phenoxy) is 1.